The van der Waals surface area contributed by atoms with E-state index in [9.17, 15) is 19.8 Å². The largest absolute Gasteiger partial charge is 0.465 e. The second-order valence-electron chi connectivity index (χ2n) is 4.07. The highest BCUT2D eigenvalue weighted by Crippen LogP contribution is 2.18. The van der Waals surface area contributed by atoms with Gasteiger partial charge < -0.3 is 20.3 Å². The quantitative estimate of drug-likeness (QED) is 0.653. The van der Waals surface area contributed by atoms with Crippen LogP contribution in [0.1, 0.15) is 28.9 Å². The molecule has 104 valence electrons. The molecule has 0 saturated carbocycles. The normalized spacial score (nSPS) is 13.5. The van der Waals surface area contributed by atoms with E-state index in [4.69, 9.17) is 0 Å². The Morgan fingerprint density at radius 3 is 2.63 bits per heavy atom. The molecule has 3 N–H and O–H groups in total. The highest BCUT2D eigenvalue weighted by Gasteiger charge is 2.19. The first-order valence-electron chi connectivity index (χ1n) is 5.74. The number of hydrogen-bond donors (Lipinski definition) is 3. The first-order valence-corrected chi connectivity index (χ1v) is 5.74. The van der Waals surface area contributed by atoms with Crippen LogP contribution < -0.4 is 5.32 Å². The maximum Gasteiger partial charge on any atom is 0.337 e. The van der Waals surface area contributed by atoms with E-state index in [0.717, 1.165) is 0 Å². The molecule has 2 atom stereocenters. The van der Waals surface area contributed by atoms with Crippen LogP contribution in [0.4, 0.5) is 0 Å². The van der Waals surface area contributed by atoms with Gasteiger partial charge in [0.05, 0.1) is 12.7 Å². The molecule has 6 nitrogen and oxygen atoms in total. The topological polar surface area (TPSA) is 95.9 Å². The van der Waals surface area contributed by atoms with Crippen molar-refractivity contribution in [3.05, 3.63) is 35.4 Å². The van der Waals surface area contributed by atoms with Crippen molar-refractivity contribution < 1.29 is 24.5 Å². The van der Waals surface area contributed by atoms with Crippen LogP contribution in [0.15, 0.2) is 24.3 Å². The number of carbonyl (C=O) groups excluding carboxylic acids is 2. The maximum atomic E-state index is 11.3. The summed E-state index contributed by atoms with van der Waals surface area (Å²) in [5, 5.41) is 22.1. The third-order valence-corrected chi connectivity index (χ3v) is 2.57. The summed E-state index contributed by atoms with van der Waals surface area (Å²) in [6, 6.07) is 6.14. The maximum absolute atomic E-state index is 11.3. The van der Waals surface area contributed by atoms with E-state index in [0.29, 0.717) is 5.56 Å². The fraction of sp³-hybridized carbons (Fsp3) is 0.385. The van der Waals surface area contributed by atoms with Gasteiger partial charge in [0.25, 0.3) is 0 Å². The van der Waals surface area contributed by atoms with Crippen LogP contribution in [-0.4, -0.2) is 41.8 Å². The van der Waals surface area contributed by atoms with Crippen molar-refractivity contribution in [1.29, 1.82) is 0 Å². The van der Waals surface area contributed by atoms with Gasteiger partial charge in [-0.1, -0.05) is 12.1 Å². The Kier molecular flexibility index (Phi) is 5.47. The number of benzene rings is 1. The molecule has 1 rings (SSSR count). The van der Waals surface area contributed by atoms with E-state index in [1.165, 1.54) is 20.1 Å². The Morgan fingerprint density at radius 1 is 1.37 bits per heavy atom. The molecule has 1 aromatic rings. The lowest BCUT2D eigenvalue weighted by atomic mass is 10.0. The van der Waals surface area contributed by atoms with E-state index < -0.39 is 18.2 Å². The second kappa shape index (κ2) is 6.86. The standard InChI is InChI=1S/C13H17NO5/c1-8(15)14-7-11(16)12(17)9-4-3-5-10(6-9)13(18)19-2/h3-6,11-12,16-17H,7H2,1-2H3,(H,14,15). The summed E-state index contributed by atoms with van der Waals surface area (Å²) in [7, 11) is 1.26. The molecule has 19 heavy (non-hydrogen) atoms. The number of carbonyl (C=O) groups is 2. The number of aliphatic hydroxyl groups excluding tert-OH is 2. The van der Waals surface area contributed by atoms with E-state index in [2.05, 4.69) is 10.1 Å². The van der Waals surface area contributed by atoms with Crippen LogP contribution in [-0.2, 0) is 9.53 Å². The molecule has 2 unspecified atom stereocenters. The number of aliphatic hydroxyl groups is 2. The van der Waals surface area contributed by atoms with Crippen molar-refractivity contribution in [2.45, 2.75) is 19.1 Å². The zero-order valence-electron chi connectivity index (χ0n) is 10.8. The Bertz CT molecular complexity index is 460. The number of rotatable bonds is 5. The molecule has 0 aromatic heterocycles. The minimum atomic E-state index is -1.20. The van der Waals surface area contributed by atoms with Crippen LogP contribution >= 0.6 is 0 Å². The summed E-state index contributed by atoms with van der Waals surface area (Å²) in [4.78, 5) is 22.1. The zero-order valence-corrected chi connectivity index (χ0v) is 10.8. The lowest BCUT2D eigenvalue weighted by Crippen LogP contribution is -2.34. The number of hydrogen-bond acceptors (Lipinski definition) is 5. The molecule has 0 spiro atoms. The molecule has 6 heteroatoms. The van der Waals surface area contributed by atoms with Crippen LogP contribution in [0.3, 0.4) is 0 Å². The Morgan fingerprint density at radius 2 is 2.05 bits per heavy atom. The van der Waals surface area contributed by atoms with Gasteiger partial charge in [0.15, 0.2) is 0 Å². The van der Waals surface area contributed by atoms with Gasteiger partial charge in [-0.15, -0.1) is 0 Å². The highest BCUT2D eigenvalue weighted by atomic mass is 16.5. The summed E-state index contributed by atoms with van der Waals surface area (Å²) in [6.07, 6.45) is -2.35. The molecular formula is C13H17NO5. The van der Waals surface area contributed by atoms with Gasteiger partial charge in [-0.2, -0.15) is 0 Å². The third kappa shape index (κ3) is 4.35. The molecule has 0 bridgehead atoms. The molecule has 1 amide bonds. The Balaban J connectivity index is 2.78. The second-order valence-corrected chi connectivity index (χ2v) is 4.07. The average Bonchev–Trinajstić information content (AvgIpc) is 2.43. The minimum absolute atomic E-state index is 0.0705. The van der Waals surface area contributed by atoms with Crippen LogP contribution in [0.5, 0.6) is 0 Å². The van der Waals surface area contributed by atoms with E-state index in [-0.39, 0.29) is 18.0 Å². The Hall–Kier alpha value is -1.92. The van der Waals surface area contributed by atoms with Crippen LogP contribution in [0, 0.1) is 0 Å². The number of ether oxygens (including phenoxy) is 1. The molecule has 0 aliphatic heterocycles. The smallest absolute Gasteiger partial charge is 0.337 e. The zero-order chi connectivity index (χ0) is 14.4. The van der Waals surface area contributed by atoms with Gasteiger partial charge in [0.2, 0.25) is 5.91 Å². The van der Waals surface area contributed by atoms with E-state index >= 15 is 0 Å². The van der Waals surface area contributed by atoms with Crippen molar-refractivity contribution in [2.75, 3.05) is 13.7 Å². The SMILES string of the molecule is COC(=O)c1cccc(C(O)C(O)CNC(C)=O)c1. The van der Waals surface area contributed by atoms with Gasteiger partial charge in [0.1, 0.15) is 12.2 Å². The summed E-state index contributed by atoms with van der Waals surface area (Å²) in [5.41, 5.74) is 0.659. The van der Waals surface area contributed by atoms with Gasteiger partial charge >= 0.3 is 5.97 Å². The average molecular weight is 267 g/mol. The van der Waals surface area contributed by atoms with E-state index in [1.807, 2.05) is 0 Å². The molecule has 0 heterocycles. The molecule has 0 radical (unpaired) electrons. The van der Waals surface area contributed by atoms with Crippen molar-refractivity contribution in [1.82, 2.24) is 5.32 Å². The van der Waals surface area contributed by atoms with Gasteiger partial charge in [-0.25, -0.2) is 4.79 Å². The third-order valence-electron chi connectivity index (χ3n) is 2.57. The first kappa shape index (κ1) is 15.1. The molecule has 0 fully saturated rings. The predicted octanol–water partition coefficient (Wildman–Crippen LogP) is 0.00360. The van der Waals surface area contributed by atoms with Crippen LogP contribution in [0.2, 0.25) is 0 Å². The van der Waals surface area contributed by atoms with Gasteiger partial charge in [-0.3, -0.25) is 4.79 Å². The summed E-state index contributed by atoms with van der Waals surface area (Å²) in [5.74, 6) is -0.819. The molecule has 0 aliphatic carbocycles. The number of nitrogens with one attached hydrogen (secondary N) is 1. The molecular weight excluding hydrogens is 250 g/mol. The van der Waals surface area contributed by atoms with Gasteiger partial charge in [-0.05, 0) is 17.7 Å². The number of amides is 1. The monoisotopic (exact) mass is 267 g/mol. The number of esters is 1. The van der Waals surface area contributed by atoms with Crippen molar-refractivity contribution in [2.24, 2.45) is 0 Å². The molecule has 0 aliphatic rings. The van der Waals surface area contributed by atoms with E-state index in [1.54, 1.807) is 18.2 Å². The minimum Gasteiger partial charge on any atom is -0.465 e. The summed E-state index contributed by atoms with van der Waals surface area (Å²) < 4.78 is 4.57. The molecule has 1 aromatic carbocycles. The van der Waals surface area contributed by atoms with Gasteiger partial charge in [0, 0.05) is 13.5 Å². The fourth-order valence-electron chi connectivity index (χ4n) is 1.55. The van der Waals surface area contributed by atoms with Crippen molar-refractivity contribution in [3.63, 3.8) is 0 Å². The molecule has 0 saturated heterocycles. The predicted molar refractivity (Wildman–Crippen MR) is 67.4 cm³/mol. The van der Waals surface area contributed by atoms with Crippen molar-refractivity contribution in [3.8, 4) is 0 Å². The highest BCUT2D eigenvalue weighted by molar-refractivity contribution is 5.89. The van der Waals surface area contributed by atoms with Crippen LogP contribution in [0.25, 0.3) is 0 Å². The Labute approximate surface area is 111 Å². The first-order chi connectivity index (χ1) is 8.95. The lowest BCUT2D eigenvalue weighted by Gasteiger charge is -2.18. The fourth-order valence-corrected chi connectivity index (χ4v) is 1.55. The summed E-state index contributed by atoms with van der Waals surface area (Å²) in [6.45, 7) is 1.25. The van der Waals surface area contributed by atoms with Crippen molar-refractivity contribution >= 4 is 11.9 Å². The summed E-state index contributed by atoms with van der Waals surface area (Å²) >= 11 is 0. The lowest BCUT2D eigenvalue weighted by molar-refractivity contribution is -0.119. The number of methoxy groups -OCH3 is 1.